The molecule has 0 spiro atoms. The number of sulfonamides is 1. The summed E-state index contributed by atoms with van der Waals surface area (Å²) in [6.45, 7) is 4.71. The van der Waals surface area contributed by atoms with Gasteiger partial charge in [0.15, 0.2) is 0 Å². The first-order chi connectivity index (χ1) is 11.7. The van der Waals surface area contributed by atoms with Crippen LogP contribution in [0.4, 0.5) is 0 Å². The summed E-state index contributed by atoms with van der Waals surface area (Å²) in [6, 6.07) is 4.44. The lowest BCUT2D eigenvalue weighted by atomic mass is 10.0. The fraction of sp³-hybridized carbons (Fsp3) is 0.529. The monoisotopic (exact) mass is 367 g/mol. The second-order valence-corrected chi connectivity index (χ2v) is 8.55. The molecule has 1 saturated heterocycles. The van der Waals surface area contributed by atoms with Crippen LogP contribution >= 0.6 is 0 Å². The van der Waals surface area contributed by atoms with Crippen LogP contribution in [0.2, 0.25) is 0 Å². The van der Waals surface area contributed by atoms with Gasteiger partial charge in [-0.15, -0.1) is 0 Å². The van der Waals surface area contributed by atoms with Crippen molar-refractivity contribution in [1.82, 2.24) is 9.62 Å². The lowest BCUT2D eigenvalue weighted by molar-refractivity contribution is -0.308. The van der Waals surface area contributed by atoms with Crippen LogP contribution in [0.3, 0.4) is 0 Å². The largest absolute Gasteiger partial charge is 0.548 e. The van der Waals surface area contributed by atoms with E-state index in [4.69, 9.17) is 0 Å². The van der Waals surface area contributed by atoms with Gasteiger partial charge in [0.2, 0.25) is 10.0 Å². The molecule has 0 saturated carbocycles. The van der Waals surface area contributed by atoms with Gasteiger partial charge < -0.3 is 15.2 Å². The van der Waals surface area contributed by atoms with Crippen molar-refractivity contribution in [3.05, 3.63) is 29.8 Å². The van der Waals surface area contributed by atoms with Crippen LogP contribution in [0.5, 0.6) is 0 Å². The number of rotatable bonds is 7. The maximum Gasteiger partial charge on any atom is 0.251 e. The van der Waals surface area contributed by atoms with Gasteiger partial charge >= 0.3 is 0 Å². The predicted molar refractivity (Wildman–Crippen MR) is 90.2 cm³/mol. The minimum atomic E-state index is -3.54. The van der Waals surface area contributed by atoms with Crippen LogP contribution in [-0.2, 0) is 14.8 Å². The van der Waals surface area contributed by atoms with Gasteiger partial charge in [-0.2, -0.15) is 4.31 Å². The average molecular weight is 367 g/mol. The molecule has 8 heteroatoms. The molecule has 0 aromatic heterocycles. The van der Waals surface area contributed by atoms with E-state index in [9.17, 15) is 23.1 Å². The highest BCUT2D eigenvalue weighted by Gasteiger charge is 2.27. The third-order valence-electron chi connectivity index (χ3n) is 4.12. The number of nitrogens with one attached hydrogen (secondary N) is 1. The van der Waals surface area contributed by atoms with Gasteiger partial charge in [-0.1, -0.05) is 13.8 Å². The highest BCUT2D eigenvalue weighted by Crippen LogP contribution is 2.21. The van der Waals surface area contributed by atoms with E-state index in [1.165, 1.54) is 28.6 Å². The number of carboxylic acids is 1. The molecule has 138 valence electrons. The first-order valence-electron chi connectivity index (χ1n) is 8.33. The summed E-state index contributed by atoms with van der Waals surface area (Å²) in [4.78, 5) is 23.4. The van der Waals surface area contributed by atoms with Crippen LogP contribution in [0, 0.1) is 5.92 Å². The predicted octanol–water partition coefficient (Wildman–Crippen LogP) is 0.366. The fourth-order valence-corrected chi connectivity index (χ4v) is 4.30. The van der Waals surface area contributed by atoms with Gasteiger partial charge in [-0.3, -0.25) is 4.79 Å². The summed E-state index contributed by atoms with van der Waals surface area (Å²) in [5, 5.41) is 13.5. The zero-order chi connectivity index (χ0) is 18.6. The summed E-state index contributed by atoms with van der Waals surface area (Å²) in [6.07, 6.45) is 1.95. The molecule has 1 aliphatic heterocycles. The topological polar surface area (TPSA) is 107 Å². The molecule has 1 N–H and O–H groups in total. The van der Waals surface area contributed by atoms with Crippen molar-refractivity contribution in [3.63, 3.8) is 0 Å². The highest BCUT2D eigenvalue weighted by molar-refractivity contribution is 7.89. The first-order valence-corrected chi connectivity index (χ1v) is 9.77. The third kappa shape index (κ3) is 4.79. The lowest BCUT2D eigenvalue weighted by Crippen LogP contribution is -2.48. The Morgan fingerprint density at radius 3 is 2.20 bits per heavy atom. The van der Waals surface area contributed by atoms with Crippen LogP contribution in [0.1, 0.15) is 43.5 Å². The summed E-state index contributed by atoms with van der Waals surface area (Å²) >= 11 is 0. The molecule has 1 fully saturated rings. The Labute approximate surface area is 148 Å². The fourth-order valence-electron chi connectivity index (χ4n) is 2.78. The number of hydrogen-bond donors (Lipinski definition) is 1. The van der Waals surface area contributed by atoms with Crippen molar-refractivity contribution in [2.24, 2.45) is 5.92 Å². The van der Waals surface area contributed by atoms with Crippen molar-refractivity contribution >= 4 is 21.9 Å². The molecule has 1 amide bonds. The van der Waals surface area contributed by atoms with Crippen molar-refractivity contribution in [3.8, 4) is 0 Å². The zero-order valence-corrected chi connectivity index (χ0v) is 15.2. The Kier molecular flexibility index (Phi) is 6.18. The second kappa shape index (κ2) is 7.97. The number of aliphatic carboxylic acids is 1. The molecule has 0 bridgehead atoms. The van der Waals surface area contributed by atoms with E-state index in [1.807, 2.05) is 13.8 Å². The maximum atomic E-state index is 12.4. The van der Waals surface area contributed by atoms with E-state index >= 15 is 0 Å². The molecule has 25 heavy (non-hydrogen) atoms. The second-order valence-electron chi connectivity index (χ2n) is 6.61. The Morgan fingerprint density at radius 2 is 1.72 bits per heavy atom. The smallest absolute Gasteiger partial charge is 0.251 e. The molecule has 0 radical (unpaired) electrons. The number of hydrogen-bond acceptors (Lipinski definition) is 5. The van der Waals surface area contributed by atoms with E-state index < -0.39 is 27.9 Å². The summed E-state index contributed by atoms with van der Waals surface area (Å²) < 4.78 is 26.3. The molecular weight excluding hydrogens is 344 g/mol. The van der Waals surface area contributed by atoms with Crippen molar-refractivity contribution < 1.29 is 23.1 Å². The number of carbonyl (C=O) groups excluding carboxylic acids is 2. The molecule has 1 aromatic rings. The van der Waals surface area contributed by atoms with Gasteiger partial charge in [-0.05, 0) is 49.4 Å². The number of carboxylic acid groups (broad SMARTS) is 1. The van der Waals surface area contributed by atoms with E-state index in [0.29, 0.717) is 13.1 Å². The molecule has 1 atom stereocenters. The molecule has 1 aliphatic rings. The Bertz CT molecular complexity index is 722. The summed E-state index contributed by atoms with van der Waals surface area (Å²) in [5.41, 5.74) is 0.204. The van der Waals surface area contributed by atoms with Gasteiger partial charge in [0, 0.05) is 18.7 Å². The van der Waals surface area contributed by atoms with Crippen LogP contribution in [0.25, 0.3) is 0 Å². The first kappa shape index (κ1) is 19.4. The molecule has 2 rings (SSSR count). The standard InChI is InChI=1S/C17H24N2O5S/c1-12(2)11-15(17(21)22)18-16(20)13-5-7-14(8-6-13)25(23,24)19-9-3-4-10-19/h5-8,12,15H,3-4,9-11H2,1-2H3,(H,18,20)(H,21,22)/p-1/t15-/m1/s1. The van der Waals surface area contributed by atoms with Crippen LogP contribution in [0.15, 0.2) is 29.2 Å². The molecule has 1 heterocycles. The van der Waals surface area contributed by atoms with Crippen LogP contribution < -0.4 is 10.4 Å². The van der Waals surface area contributed by atoms with E-state index in [0.717, 1.165) is 12.8 Å². The van der Waals surface area contributed by atoms with Crippen molar-refractivity contribution in [2.45, 2.75) is 44.0 Å². The summed E-state index contributed by atoms with van der Waals surface area (Å²) in [7, 11) is -3.54. The number of amides is 1. The van der Waals surface area contributed by atoms with Gasteiger partial charge in [0.05, 0.1) is 16.9 Å². The van der Waals surface area contributed by atoms with Crippen LogP contribution in [-0.4, -0.2) is 43.7 Å². The molecular formula is C17H23N2O5S-. The van der Waals surface area contributed by atoms with Gasteiger partial charge in [-0.25, -0.2) is 8.42 Å². The number of nitrogens with zero attached hydrogens (tertiary/aromatic N) is 1. The molecule has 0 unspecified atom stereocenters. The minimum Gasteiger partial charge on any atom is -0.548 e. The zero-order valence-electron chi connectivity index (χ0n) is 14.4. The molecule has 1 aromatic carbocycles. The Hall–Kier alpha value is -1.93. The van der Waals surface area contributed by atoms with E-state index in [1.54, 1.807) is 0 Å². The highest BCUT2D eigenvalue weighted by atomic mass is 32.2. The quantitative estimate of drug-likeness (QED) is 0.749. The normalized spacial score (nSPS) is 16.8. The minimum absolute atomic E-state index is 0.0798. The van der Waals surface area contributed by atoms with Gasteiger partial charge in [0.1, 0.15) is 0 Å². The van der Waals surface area contributed by atoms with Gasteiger partial charge in [0.25, 0.3) is 5.91 Å². The summed E-state index contributed by atoms with van der Waals surface area (Å²) in [5.74, 6) is -1.83. The Morgan fingerprint density at radius 1 is 1.16 bits per heavy atom. The van der Waals surface area contributed by atoms with E-state index in [-0.39, 0.29) is 22.8 Å². The Balaban J connectivity index is 2.10. The lowest BCUT2D eigenvalue weighted by Gasteiger charge is -2.21. The van der Waals surface area contributed by atoms with E-state index in [2.05, 4.69) is 5.32 Å². The van der Waals surface area contributed by atoms with Crippen molar-refractivity contribution in [2.75, 3.05) is 13.1 Å². The van der Waals surface area contributed by atoms with Crippen molar-refractivity contribution in [1.29, 1.82) is 0 Å². The number of benzene rings is 1. The average Bonchev–Trinajstić information content (AvgIpc) is 3.09. The molecule has 0 aliphatic carbocycles. The maximum absolute atomic E-state index is 12.4. The molecule has 7 nitrogen and oxygen atoms in total. The third-order valence-corrected chi connectivity index (χ3v) is 6.03. The number of carbonyl (C=O) groups is 2. The SMILES string of the molecule is CC(C)C[C@@H](NC(=O)c1ccc(S(=O)(=O)N2CCCC2)cc1)C(=O)[O-].